The third kappa shape index (κ3) is 2.07. The molecule has 0 saturated heterocycles. The van der Waals surface area contributed by atoms with Crippen molar-refractivity contribution in [1.82, 2.24) is 4.98 Å². The van der Waals surface area contributed by atoms with Gasteiger partial charge < -0.3 is 10.5 Å². The molecule has 21 heavy (non-hydrogen) atoms. The number of nitrogen functional groups attached to an aromatic ring is 1. The van der Waals surface area contributed by atoms with E-state index in [4.69, 9.17) is 15.5 Å². The van der Waals surface area contributed by atoms with Gasteiger partial charge >= 0.3 is 0 Å². The number of ether oxygens (including phenoxy) is 1. The standard InChI is InChI=1S/C17H16N2OS/c1-20-13-9-8-10-4-2-3-5-12(10)14(13)15-16(18)21-17(19-15)11-6-7-11/h2-5,8-9,11H,6-7,18H2,1H3. The van der Waals surface area contributed by atoms with E-state index in [-0.39, 0.29) is 0 Å². The highest BCUT2D eigenvalue weighted by Crippen LogP contribution is 2.47. The normalized spacial score (nSPS) is 14.5. The Hall–Kier alpha value is -2.07. The van der Waals surface area contributed by atoms with Crippen molar-refractivity contribution in [3.8, 4) is 17.0 Å². The first kappa shape index (κ1) is 12.7. The van der Waals surface area contributed by atoms with Crippen LogP contribution in [0.5, 0.6) is 5.75 Å². The fraction of sp³-hybridized carbons (Fsp3) is 0.235. The third-order valence-electron chi connectivity index (χ3n) is 3.94. The molecule has 3 nitrogen and oxygen atoms in total. The molecule has 0 unspecified atom stereocenters. The van der Waals surface area contributed by atoms with E-state index >= 15 is 0 Å². The van der Waals surface area contributed by atoms with Gasteiger partial charge in [-0.2, -0.15) is 0 Å². The van der Waals surface area contributed by atoms with Gasteiger partial charge in [0.2, 0.25) is 0 Å². The van der Waals surface area contributed by atoms with Crippen LogP contribution in [0.2, 0.25) is 0 Å². The maximum Gasteiger partial charge on any atom is 0.129 e. The molecule has 4 rings (SSSR count). The third-order valence-corrected chi connectivity index (χ3v) is 4.99. The zero-order chi connectivity index (χ0) is 14.4. The Morgan fingerprint density at radius 2 is 2.00 bits per heavy atom. The number of aromatic nitrogens is 1. The molecule has 0 spiro atoms. The second-order valence-electron chi connectivity index (χ2n) is 5.40. The lowest BCUT2D eigenvalue weighted by Crippen LogP contribution is -1.93. The van der Waals surface area contributed by atoms with Gasteiger partial charge in [-0.15, -0.1) is 11.3 Å². The predicted octanol–water partition coefficient (Wildman–Crippen LogP) is 4.43. The second kappa shape index (κ2) is 4.74. The number of rotatable bonds is 3. The van der Waals surface area contributed by atoms with Crippen molar-refractivity contribution in [2.45, 2.75) is 18.8 Å². The topological polar surface area (TPSA) is 48.1 Å². The number of nitrogens with zero attached hydrogens (tertiary/aromatic N) is 1. The Kier molecular flexibility index (Phi) is 2.86. The average Bonchev–Trinajstić information content (AvgIpc) is 3.29. The minimum atomic E-state index is 0.618. The Morgan fingerprint density at radius 3 is 2.76 bits per heavy atom. The summed E-state index contributed by atoms with van der Waals surface area (Å²) in [6.45, 7) is 0. The number of fused-ring (bicyclic) bond motifs is 1. The van der Waals surface area contributed by atoms with Crippen LogP contribution in [0, 0.1) is 0 Å². The molecule has 1 saturated carbocycles. The molecule has 1 fully saturated rings. The summed E-state index contributed by atoms with van der Waals surface area (Å²) in [4.78, 5) is 4.81. The first-order valence-electron chi connectivity index (χ1n) is 7.10. The van der Waals surface area contributed by atoms with Crippen molar-refractivity contribution >= 4 is 27.1 Å². The summed E-state index contributed by atoms with van der Waals surface area (Å²) in [5, 5.41) is 4.26. The van der Waals surface area contributed by atoms with E-state index in [1.54, 1.807) is 18.4 Å². The van der Waals surface area contributed by atoms with Crippen molar-refractivity contribution in [1.29, 1.82) is 0 Å². The van der Waals surface area contributed by atoms with Gasteiger partial charge in [-0.05, 0) is 29.7 Å². The molecule has 2 N–H and O–H groups in total. The van der Waals surface area contributed by atoms with E-state index < -0.39 is 0 Å². The van der Waals surface area contributed by atoms with Gasteiger partial charge in [-0.25, -0.2) is 4.98 Å². The highest BCUT2D eigenvalue weighted by atomic mass is 32.1. The van der Waals surface area contributed by atoms with E-state index in [0.29, 0.717) is 5.92 Å². The SMILES string of the molecule is COc1ccc2ccccc2c1-c1nc(C2CC2)sc1N. The van der Waals surface area contributed by atoms with Crippen LogP contribution in [0.15, 0.2) is 36.4 Å². The molecule has 0 bridgehead atoms. The van der Waals surface area contributed by atoms with Gasteiger partial charge in [0, 0.05) is 5.92 Å². The Morgan fingerprint density at radius 1 is 1.19 bits per heavy atom. The Balaban J connectivity index is 1.99. The molecule has 1 aliphatic carbocycles. The van der Waals surface area contributed by atoms with Crippen LogP contribution in [0.4, 0.5) is 5.00 Å². The summed E-state index contributed by atoms with van der Waals surface area (Å²) in [5.41, 5.74) is 8.14. The molecular formula is C17H16N2OS. The highest BCUT2D eigenvalue weighted by molar-refractivity contribution is 7.16. The predicted molar refractivity (Wildman–Crippen MR) is 88.0 cm³/mol. The second-order valence-corrected chi connectivity index (χ2v) is 6.47. The van der Waals surface area contributed by atoms with E-state index in [1.165, 1.54) is 18.2 Å². The molecular weight excluding hydrogens is 280 g/mol. The number of anilines is 1. The maximum absolute atomic E-state index is 6.25. The lowest BCUT2D eigenvalue weighted by molar-refractivity contribution is 0.417. The lowest BCUT2D eigenvalue weighted by atomic mass is 10.0. The van der Waals surface area contributed by atoms with E-state index in [2.05, 4.69) is 18.2 Å². The molecule has 0 amide bonds. The molecule has 106 valence electrons. The number of hydrogen-bond acceptors (Lipinski definition) is 4. The summed E-state index contributed by atoms with van der Waals surface area (Å²) in [5.74, 6) is 1.44. The smallest absolute Gasteiger partial charge is 0.129 e. The summed E-state index contributed by atoms with van der Waals surface area (Å²) in [6, 6.07) is 12.3. The van der Waals surface area contributed by atoms with E-state index in [0.717, 1.165) is 32.4 Å². The van der Waals surface area contributed by atoms with Crippen LogP contribution in [0.3, 0.4) is 0 Å². The number of benzene rings is 2. The monoisotopic (exact) mass is 296 g/mol. The molecule has 0 radical (unpaired) electrons. The van der Waals surface area contributed by atoms with Crippen molar-refractivity contribution in [3.05, 3.63) is 41.4 Å². The fourth-order valence-electron chi connectivity index (χ4n) is 2.70. The first-order valence-corrected chi connectivity index (χ1v) is 7.92. The van der Waals surface area contributed by atoms with Crippen molar-refractivity contribution in [2.75, 3.05) is 12.8 Å². The summed E-state index contributed by atoms with van der Waals surface area (Å²) < 4.78 is 5.56. The Bertz CT molecular complexity index is 821. The molecule has 1 heterocycles. The van der Waals surface area contributed by atoms with Gasteiger partial charge in [0.25, 0.3) is 0 Å². The zero-order valence-electron chi connectivity index (χ0n) is 11.8. The molecule has 3 aromatic rings. The van der Waals surface area contributed by atoms with Crippen LogP contribution in [0.25, 0.3) is 22.0 Å². The van der Waals surface area contributed by atoms with Crippen LogP contribution in [-0.2, 0) is 0 Å². The molecule has 1 aromatic heterocycles. The minimum absolute atomic E-state index is 0.618. The largest absolute Gasteiger partial charge is 0.496 e. The summed E-state index contributed by atoms with van der Waals surface area (Å²) in [6.07, 6.45) is 2.47. The average molecular weight is 296 g/mol. The highest BCUT2D eigenvalue weighted by Gasteiger charge is 2.29. The van der Waals surface area contributed by atoms with Crippen LogP contribution in [0.1, 0.15) is 23.8 Å². The van der Waals surface area contributed by atoms with E-state index in [1.807, 2.05) is 18.2 Å². The van der Waals surface area contributed by atoms with Gasteiger partial charge in [0.1, 0.15) is 16.4 Å². The lowest BCUT2D eigenvalue weighted by Gasteiger charge is -2.11. The maximum atomic E-state index is 6.25. The quantitative estimate of drug-likeness (QED) is 0.777. The molecule has 2 aromatic carbocycles. The van der Waals surface area contributed by atoms with Gasteiger partial charge in [0.15, 0.2) is 0 Å². The van der Waals surface area contributed by atoms with Crippen LogP contribution < -0.4 is 10.5 Å². The summed E-state index contributed by atoms with van der Waals surface area (Å²) in [7, 11) is 1.69. The number of thiazole rings is 1. The van der Waals surface area contributed by atoms with Crippen molar-refractivity contribution < 1.29 is 4.74 Å². The fourth-order valence-corrected chi connectivity index (χ4v) is 3.71. The van der Waals surface area contributed by atoms with Crippen LogP contribution in [-0.4, -0.2) is 12.1 Å². The number of hydrogen-bond donors (Lipinski definition) is 1. The van der Waals surface area contributed by atoms with Gasteiger partial charge in [-0.1, -0.05) is 30.3 Å². The summed E-state index contributed by atoms with van der Waals surface area (Å²) >= 11 is 1.62. The van der Waals surface area contributed by atoms with Crippen molar-refractivity contribution in [3.63, 3.8) is 0 Å². The van der Waals surface area contributed by atoms with Gasteiger partial charge in [-0.3, -0.25) is 0 Å². The van der Waals surface area contributed by atoms with Crippen molar-refractivity contribution in [2.24, 2.45) is 0 Å². The molecule has 0 atom stereocenters. The zero-order valence-corrected chi connectivity index (χ0v) is 12.6. The van der Waals surface area contributed by atoms with Crippen LogP contribution >= 0.6 is 11.3 Å². The molecule has 0 aliphatic heterocycles. The number of nitrogens with two attached hydrogens (primary N) is 1. The minimum Gasteiger partial charge on any atom is -0.496 e. The van der Waals surface area contributed by atoms with Gasteiger partial charge in [0.05, 0.1) is 17.7 Å². The first-order chi connectivity index (χ1) is 10.3. The number of methoxy groups -OCH3 is 1. The molecule has 1 aliphatic rings. The Labute approximate surface area is 127 Å². The molecule has 4 heteroatoms. The van der Waals surface area contributed by atoms with E-state index in [9.17, 15) is 0 Å².